The Morgan fingerprint density at radius 3 is 2.33 bits per heavy atom. The first-order chi connectivity index (χ1) is 11.3. The Balaban J connectivity index is 2.80. The third-order valence-electron chi connectivity index (χ3n) is 3.37. The zero-order chi connectivity index (χ0) is 18.2. The molecular formula is C16H24N2O5S. The Labute approximate surface area is 143 Å². The summed E-state index contributed by atoms with van der Waals surface area (Å²) in [6.45, 7) is 2.64. The third-order valence-corrected chi connectivity index (χ3v) is 4.57. The number of amides is 1. The number of hydrogen-bond acceptors (Lipinski definition) is 5. The number of hydrogen-bond donors (Lipinski definition) is 1. The van der Waals surface area contributed by atoms with Crippen molar-refractivity contribution in [3.63, 3.8) is 0 Å². The fourth-order valence-electron chi connectivity index (χ4n) is 2.06. The molecule has 0 saturated carbocycles. The van der Waals surface area contributed by atoms with Crippen molar-refractivity contribution in [2.45, 2.75) is 26.2 Å². The highest BCUT2D eigenvalue weighted by Gasteiger charge is 2.19. The molecule has 1 rings (SSSR count). The minimum atomic E-state index is -3.54. The monoisotopic (exact) mass is 356 g/mol. The summed E-state index contributed by atoms with van der Waals surface area (Å²) >= 11 is 0. The zero-order valence-corrected chi connectivity index (χ0v) is 15.1. The van der Waals surface area contributed by atoms with E-state index in [2.05, 4.69) is 10.1 Å². The van der Waals surface area contributed by atoms with Gasteiger partial charge in [-0.3, -0.25) is 9.10 Å². The Hall–Kier alpha value is -2.09. The molecule has 134 valence electrons. The summed E-state index contributed by atoms with van der Waals surface area (Å²) in [5.74, 6) is -0.689. The average molecular weight is 356 g/mol. The predicted molar refractivity (Wildman–Crippen MR) is 92.5 cm³/mol. The van der Waals surface area contributed by atoms with Crippen molar-refractivity contribution in [2.75, 3.05) is 30.8 Å². The molecule has 0 saturated heterocycles. The molecule has 0 aliphatic heterocycles. The fraction of sp³-hybridized carbons (Fsp3) is 0.500. The van der Waals surface area contributed by atoms with Crippen molar-refractivity contribution < 1.29 is 22.7 Å². The van der Waals surface area contributed by atoms with Crippen LogP contribution in [0.25, 0.3) is 0 Å². The van der Waals surface area contributed by atoms with Gasteiger partial charge in [-0.1, -0.05) is 13.3 Å². The summed E-state index contributed by atoms with van der Waals surface area (Å²) in [7, 11) is -2.27. The lowest BCUT2D eigenvalue weighted by Gasteiger charge is -2.22. The van der Waals surface area contributed by atoms with Crippen molar-refractivity contribution in [1.29, 1.82) is 0 Å². The molecule has 1 aromatic carbocycles. The smallest absolute Gasteiger partial charge is 0.337 e. The van der Waals surface area contributed by atoms with Gasteiger partial charge < -0.3 is 10.1 Å². The number of methoxy groups -OCH3 is 1. The number of unbranched alkanes of at least 4 members (excludes halogenated alkanes) is 1. The highest BCUT2D eigenvalue weighted by atomic mass is 32.2. The number of anilines is 1. The third kappa shape index (κ3) is 6.19. The molecular weight excluding hydrogens is 332 g/mol. The number of esters is 1. The van der Waals surface area contributed by atoms with Crippen LogP contribution in [-0.4, -0.2) is 46.7 Å². The molecule has 24 heavy (non-hydrogen) atoms. The molecule has 1 aromatic rings. The Morgan fingerprint density at radius 1 is 1.21 bits per heavy atom. The van der Waals surface area contributed by atoms with E-state index in [0.29, 0.717) is 17.8 Å². The largest absolute Gasteiger partial charge is 0.465 e. The van der Waals surface area contributed by atoms with Crippen LogP contribution in [0.1, 0.15) is 36.5 Å². The maximum absolute atomic E-state index is 12.0. The van der Waals surface area contributed by atoms with Crippen LogP contribution in [0.3, 0.4) is 0 Å². The molecule has 0 heterocycles. The number of carbonyl (C=O) groups is 2. The van der Waals surface area contributed by atoms with Gasteiger partial charge in [-0.05, 0) is 30.7 Å². The molecule has 7 nitrogen and oxygen atoms in total. The van der Waals surface area contributed by atoms with Crippen molar-refractivity contribution in [3.05, 3.63) is 29.8 Å². The molecule has 0 aliphatic carbocycles. The minimum Gasteiger partial charge on any atom is -0.465 e. The molecule has 0 unspecified atom stereocenters. The van der Waals surface area contributed by atoms with E-state index in [0.717, 1.165) is 23.4 Å². The maximum Gasteiger partial charge on any atom is 0.337 e. The van der Waals surface area contributed by atoms with Crippen LogP contribution in [-0.2, 0) is 19.6 Å². The van der Waals surface area contributed by atoms with E-state index in [1.54, 1.807) is 0 Å². The van der Waals surface area contributed by atoms with Gasteiger partial charge in [0.2, 0.25) is 15.9 Å². The van der Waals surface area contributed by atoms with Gasteiger partial charge in [0.1, 0.15) is 0 Å². The minimum absolute atomic E-state index is 0.0361. The number of carbonyl (C=O) groups excluding carboxylic acids is 2. The number of sulfonamides is 1. The lowest BCUT2D eigenvalue weighted by atomic mass is 10.2. The second-order valence-corrected chi connectivity index (χ2v) is 7.23. The molecule has 0 aliphatic rings. The van der Waals surface area contributed by atoms with Crippen LogP contribution >= 0.6 is 0 Å². The molecule has 0 spiro atoms. The normalized spacial score (nSPS) is 11.0. The Bertz CT molecular complexity index is 656. The molecule has 0 bridgehead atoms. The van der Waals surface area contributed by atoms with E-state index >= 15 is 0 Å². The molecule has 0 atom stereocenters. The van der Waals surface area contributed by atoms with E-state index in [-0.39, 0.29) is 18.9 Å². The number of nitrogens with one attached hydrogen (secondary N) is 1. The first-order valence-electron chi connectivity index (χ1n) is 7.72. The van der Waals surface area contributed by atoms with Crippen molar-refractivity contribution in [2.24, 2.45) is 0 Å². The first-order valence-corrected chi connectivity index (χ1v) is 9.57. The highest BCUT2D eigenvalue weighted by Crippen LogP contribution is 2.19. The van der Waals surface area contributed by atoms with E-state index < -0.39 is 16.0 Å². The first kappa shape index (κ1) is 20.0. The number of benzene rings is 1. The van der Waals surface area contributed by atoms with Crippen LogP contribution < -0.4 is 9.62 Å². The Morgan fingerprint density at radius 2 is 1.83 bits per heavy atom. The average Bonchev–Trinajstić information content (AvgIpc) is 2.54. The van der Waals surface area contributed by atoms with Crippen LogP contribution in [0, 0.1) is 0 Å². The molecule has 1 amide bonds. The van der Waals surface area contributed by atoms with Gasteiger partial charge in [0.25, 0.3) is 0 Å². The van der Waals surface area contributed by atoms with Crippen LogP contribution in [0.5, 0.6) is 0 Å². The maximum atomic E-state index is 12.0. The topological polar surface area (TPSA) is 92.8 Å². The zero-order valence-electron chi connectivity index (χ0n) is 14.2. The second-order valence-electron chi connectivity index (χ2n) is 5.33. The molecule has 8 heteroatoms. The van der Waals surface area contributed by atoms with Crippen molar-refractivity contribution >= 4 is 27.6 Å². The van der Waals surface area contributed by atoms with Crippen LogP contribution in [0.15, 0.2) is 24.3 Å². The quantitative estimate of drug-likeness (QED) is 0.535. The fourth-order valence-corrected chi connectivity index (χ4v) is 2.99. The van der Waals surface area contributed by atoms with Gasteiger partial charge in [0.05, 0.1) is 24.6 Å². The summed E-state index contributed by atoms with van der Waals surface area (Å²) in [4.78, 5) is 23.2. The number of ether oxygens (including phenoxy) is 1. The van der Waals surface area contributed by atoms with Gasteiger partial charge in [0.15, 0.2) is 0 Å². The molecule has 0 radical (unpaired) electrons. The second kappa shape index (κ2) is 9.27. The van der Waals surface area contributed by atoms with Crippen molar-refractivity contribution in [1.82, 2.24) is 5.32 Å². The summed E-state index contributed by atoms with van der Waals surface area (Å²) in [6, 6.07) is 6.01. The van der Waals surface area contributed by atoms with Gasteiger partial charge in [-0.15, -0.1) is 0 Å². The molecule has 1 N–H and O–H groups in total. The van der Waals surface area contributed by atoms with Gasteiger partial charge in [-0.25, -0.2) is 13.2 Å². The summed E-state index contributed by atoms with van der Waals surface area (Å²) in [5, 5.41) is 2.75. The van der Waals surface area contributed by atoms with Crippen LogP contribution in [0.2, 0.25) is 0 Å². The molecule has 0 aromatic heterocycles. The van der Waals surface area contributed by atoms with E-state index in [4.69, 9.17) is 0 Å². The number of nitrogens with zero attached hydrogens (tertiary/aromatic N) is 1. The SMILES string of the molecule is CCCCNC(=O)CCN(c1ccc(C(=O)OC)cc1)S(C)(=O)=O. The molecule has 0 fully saturated rings. The standard InChI is InChI=1S/C16H24N2O5S/c1-4-5-11-17-15(19)10-12-18(24(3,21)22)14-8-6-13(7-9-14)16(20)23-2/h6-9H,4-5,10-12H2,1-3H3,(H,17,19). The lowest BCUT2D eigenvalue weighted by molar-refractivity contribution is -0.120. The van der Waals surface area contributed by atoms with E-state index in [9.17, 15) is 18.0 Å². The van der Waals surface area contributed by atoms with Gasteiger partial charge in [0, 0.05) is 19.5 Å². The van der Waals surface area contributed by atoms with E-state index in [1.807, 2.05) is 6.92 Å². The lowest BCUT2D eigenvalue weighted by Crippen LogP contribution is -2.34. The highest BCUT2D eigenvalue weighted by molar-refractivity contribution is 7.92. The summed E-state index contributed by atoms with van der Waals surface area (Å²) in [5.41, 5.74) is 0.721. The summed E-state index contributed by atoms with van der Waals surface area (Å²) < 4.78 is 29.7. The Kier molecular flexibility index (Phi) is 7.70. The number of rotatable bonds is 9. The summed E-state index contributed by atoms with van der Waals surface area (Å²) in [6.07, 6.45) is 3.00. The van der Waals surface area contributed by atoms with Gasteiger partial charge in [-0.2, -0.15) is 0 Å². The predicted octanol–water partition coefficient (Wildman–Crippen LogP) is 1.55. The van der Waals surface area contributed by atoms with Crippen molar-refractivity contribution in [3.8, 4) is 0 Å². The van der Waals surface area contributed by atoms with Crippen LogP contribution in [0.4, 0.5) is 5.69 Å². The van der Waals surface area contributed by atoms with Gasteiger partial charge >= 0.3 is 5.97 Å². The van der Waals surface area contributed by atoms with E-state index in [1.165, 1.54) is 31.4 Å².